The van der Waals surface area contributed by atoms with Crippen molar-refractivity contribution < 1.29 is 14.3 Å². The number of esters is 1. The smallest absolute Gasteiger partial charge is 0.302 e. The minimum atomic E-state index is -0.527. The van der Waals surface area contributed by atoms with E-state index in [-0.39, 0.29) is 34.2 Å². The number of hydrogen-bond acceptors (Lipinski definition) is 3. The van der Waals surface area contributed by atoms with Gasteiger partial charge in [-0.2, -0.15) is 0 Å². The monoisotopic (exact) mass is 428 g/mol. The summed E-state index contributed by atoms with van der Waals surface area (Å²) in [5, 5.41) is -0.127. The number of ketones is 1. The van der Waals surface area contributed by atoms with Gasteiger partial charge in [0.15, 0.2) is 0 Å². The first-order valence-corrected chi connectivity index (χ1v) is 11.8. The molecule has 0 radical (unpaired) electrons. The zero-order valence-corrected chi connectivity index (χ0v) is 19.1. The molecule has 4 saturated carbocycles. The molecular formula is C23H34Cl2O3. The Hall–Kier alpha value is -0.280. The third-order valence-electron chi connectivity index (χ3n) is 9.51. The Morgan fingerprint density at radius 2 is 1.71 bits per heavy atom. The van der Waals surface area contributed by atoms with Crippen LogP contribution in [0.4, 0.5) is 0 Å². The highest BCUT2D eigenvalue weighted by molar-refractivity contribution is 6.33. The van der Waals surface area contributed by atoms with Crippen LogP contribution in [0.1, 0.15) is 79.1 Å². The van der Waals surface area contributed by atoms with Crippen LogP contribution in [0.2, 0.25) is 0 Å². The quantitative estimate of drug-likeness (QED) is 0.415. The fourth-order valence-corrected chi connectivity index (χ4v) is 9.19. The van der Waals surface area contributed by atoms with Gasteiger partial charge in [-0.3, -0.25) is 9.59 Å². The Morgan fingerprint density at radius 3 is 2.36 bits per heavy atom. The lowest BCUT2D eigenvalue weighted by Gasteiger charge is -2.65. The van der Waals surface area contributed by atoms with Crippen molar-refractivity contribution in [2.75, 3.05) is 0 Å². The van der Waals surface area contributed by atoms with Gasteiger partial charge < -0.3 is 4.74 Å². The van der Waals surface area contributed by atoms with Gasteiger partial charge in [0, 0.05) is 19.3 Å². The number of carbonyl (C=O) groups is 2. The molecule has 0 aromatic rings. The van der Waals surface area contributed by atoms with E-state index in [1.54, 1.807) is 6.92 Å². The van der Waals surface area contributed by atoms with Gasteiger partial charge in [0.2, 0.25) is 0 Å². The molecule has 0 N–H and O–H groups in total. The van der Waals surface area contributed by atoms with E-state index in [0.717, 1.165) is 44.9 Å². The van der Waals surface area contributed by atoms with Crippen molar-refractivity contribution in [2.45, 2.75) is 95.4 Å². The van der Waals surface area contributed by atoms with Gasteiger partial charge in [0.1, 0.15) is 11.9 Å². The van der Waals surface area contributed by atoms with Crippen molar-refractivity contribution in [3.05, 3.63) is 0 Å². The molecule has 9 atom stereocenters. The van der Waals surface area contributed by atoms with Gasteiger partial charge in [-0.25, -0.2) is 0 Å². The number of rotatable bonds is 2. The van der Waals surface area contributed by atoms with Crippen molar-refractivity contribution in [3.63, 3.8) is 0 Å². The number of fused-ring (bicyclic) bond motifs is 5. The SMILES string of the molecule is CC(=O)OC1CCC2(C)C3CCC4(C)C(C(C)=O)CCC4C3CC(Cl)C2(Cl)C1. The highest BCUT2D eigenvalue weighted by Crippen LogP contribution is 2.70. The Labute approximate surface area is 179 Å². The minimum absolute atomic E-state index is 0.0455. The maximum Gasteiger partial charge on any atom is 0.302 e. The summed E-state index contributed by atoms with van der Waals surface area (Å²) in [6.45, 7) is 7.95. The van der Waals surface area contributed by atoms with Crippen LogP contribution in [0.3, 0.4) is 0 Å². The predicted octanol–water partition coefficient (Wildman–Crippen LogP) is 5.74. The van der Waals surface area contributed by atoms with Crippen LogP contribution in [0.25, 0.3) is 0 Å². The fourth-order valence-electron chi connectivity index (χ4n) is 8.15. The van der Waals surface area contributed by atoms with Crippen molar-refractivity contribution >= 4 is 35.0 Å². The lowest BCUT2D eigenvalue weighted by Crippen LogP contribution is -2.65. The van der Waals surface area contributed by atoms with E-state index in [1.807, 2.05) is 0 Å². The van der Waals surface area contributed by atoms with Crippen LogP contribution < -0.4 is 0 Å². The predicted molar refractivity (Wildman–Crippen MR) is 112 cm³/mol. The molecule has 4 fully saturated rings. The molecule has 4 aliphatic rings. The van der Waals surface area contributed by atoms with E-state index in [2.05, 4.69) is 13.8 Å². The standard InChI is InChI=1S/C23H34Cl2O3/c1-13(26)17-5-6-18-16-11-20(24)23(25)12-15(28-14(2)27)7-10-22(23,4)19(16)8-9-21(17,18)3/h15-20H,5-12H2,1-4H3. The lowest BCUT2D eigenvalue weighted by molar-refractivity contribution is -0.157. The summed E-state index contributed by atoms with van der Waals surface area (Å²) in [6, 6.07) is 0. The first-order chi connectivity index (χ1) is 13.0. The molecule has 4 rings (SSSR count). The summed E-state index contributed by atoms with van der Waals surface area (Å²) in [5.74, 6) is 2.01. The molecule has 0 amide bonds. The Morgan fingerprint density at radius 1 is 1.00 bits per heavy atom. The second-order valence-corrected chi connectivity index (χ2v) is 11.8. The number of halogens is 2. The van der Waals surface area contributed by atoms with Crippen molar-refractivity contribution in [2.24, 2.45) is 34.5 Å². The average Bonchev–Trinajstić information content (AvgIpc) is 2.95. The largest absolute Gasteiger partial charge is 0.462 e. The van der Waals surface area contributed by atoms with E-state index in [4.69, 9.17) is 27.9 Å². The molecule has 0 bridgehead atoms. The van der Waals surface area contributed by atoms with Crippen LogP contribution in [0, 0.1) is 34.5 Å². The molecule has 0 saturated heterocycles. The van der Waals surface area contributed by atoms with E-state index in [0.29, 0.717) is 30.0 Å². The highest BCUT2D eigenvalue weighted by Gasteiger charge is 2.67. The van der Waals surface area contributed by atoms with Crippen molar-refractivity contribution in [3.8, 4) is 0 Å². The highest BCUT2D eigenvalue weighted by atomic mass is 35.5. The second-order valence-electron chi connectivity index (χ2n) is 10.6. The molecule has 0 aliphatic heterocycles. The number of ether oxygens (including phenoxy) is 1. The summed E-state index contributed by atoms with van der Waals surface area (Å²) < 4.78 is 5.54. The summed E-state index contributed by atoms with van der Waals surface area (Å²) in [5.41, 5.74) is 0.0808. The molecule has 0 aromatic heterocycles. The van der Waals surface area contributed by atoms with Gasteiger partial charge >= 0.3 is 5.97 Å². The number of alkyl halides is 2. The Bertz CT molecular complexity index is 681. The topological polar surface area (TPSA) is 43.4 Å². The van der Waals surface area contributed by atoms with Gasteiger partial charge in [0.25, 0.3) is 0 Å². The Balaban J connectivity index is 1.63. The van der Waals surface area contributed by atoms with Crippen LogP contribution >= 0.6 is 23.2 Å². The fraction of sp³-hybridized carbons (Fsp3) is 0.913. The number of hydrogen-bond donors (Lipinski definition) is 0. The van der Waals surface area contributed by atoms with Gasteiger partial charge in [0.05, 0.1) is 10.3 Å². The summed E-state index contributed by atoms with van der Waals surface area (Å²) >= 11 is 14.4. The third-order valence-corrected chi connectivity index (χ3v) is 11.0. The molecule has 0 heterocycles. The van der Waals surface area contributed by atoms with Gasteiger partial charge in [-0.05, 0) is 80.5 Å². The van der Waals surface area contributed by atoms with E-state index < -0.39 is 4.87 Å². The first-order valence-electron chi connectivity index (χ1n) is 11.0. The maximum atomic E-state index is 12.3. The molecule has 0 spiro atoms. The lowest BCUT2D eigenvalue weighted by atomic mass is 9.44. The van der Waals surface area contributed by atoms with Crippen molar-refractivity contribution in [1.29, 1.82) is 0 Å². The molecule has 158 valence electrons. The minimum Gasteiger partial charge on any atom is -0.462 e. The number of carbonyl (C=O) groups excluding carboxylic acids is 2. The third kappa shape index (κ3) is 2.82. The zero-order chi connectivity index (χ0) is 20.5. The van der Waals surface area contributed by atoms with Gasteiger partial charge in [-0.15, -0.1) is 23.2 Å². The maximum absolute atomic E-state index is 12.3. The molecular weight excluding hydrogens is 395 g/mol. The normalized spacial score (nSPS) is 52.9. The van der Waals surface area contributed by atoms with E-state index >= 15 is 0 Å². The Kier molecular flexibility index (Phi) is 5.15. The van der Waals surface area contributed by atoms with Gasteiger partial charge in [-0.1, -0.05) is 13.8 Å². The summed E-state index contributed by atoms with van der Waals surface area (Å²) in [7, 11) is 0. The zero-order valence-electron chi connectivity index (χ0n) is 17.6. The number of Topliss-reactive ketones (excluding diaryl/α,β-unsaturated/α-hetero) is 1. The van der Waals surface area contributed by atoms with Crippen molar-refractivity contribution in [1.82, 2.24) is 0 Å². The molecule has 5 heteroatoms. The van der Waals surface area contributed by atoms with Crippen LogP contribution in [-0.4, -0.2) is 28.1 Å². The molecule has 4 aliphatic carbocycles. The van der Waals surface area contributed by atoms with Crippen LogP contribution in [-0.2, 0) is 14.3 Å². The molecule has 3 nitrogen and oxygen atoms in total. The molecule has 9 unspecified atom stereocenters. The summed E-state index contributed by atoms with van der Waals surface area (Å²) in [6.07, 6.45) is 7.71. The molecule has 28 heavy (non-hydrogen) atoms. The van der Waals surface area contributed by atoms with E-state index in [1.165, 1.54) is 6.92 Å². The average molecular weight is 429 g/mol. The molecule has 0 aromatic carbocycles. The second kappa shape index (κ2) is 6.87. The van der Waals surface area contributed by atoms with E-state index in [9.17, 15) is 9.59 Å². The van der Waals surface area contributed by atoms with Crippen LogP contribution in [0.15, 0.2) is 0 Å². The summed E-state index contributed by atoms with van der Waals surface area (Å²) in [4.78, 5) is 23.3. The first kappa shape index (κ1) is 21.0. The van der Waals surface area contributed by atoms with Crippen LogP contribution in [0.5, 0.6) is 0 Å².